The van der Waals surface area contributed by atoms with E-state index in [9.17, 15) is 9.59 Å². The van der Waals surface area contributed by atoms with Crippen molar-refractivity contribution >= 4 is 29.3 Å². The van der Waals surface area contributed by atoms with Gasteiger partial charge in [-0.2, -0.15) is 11.8 Å². The average Bonchev–Trinajstić information content (AvgIpc) is 2.39. The van der Waals surface area contributed by atoms with Crippen molar-refractivity contribution in [3.63, 3.8) is 0 Å². The number of benzene rings is 1. The summed E-state index contributed by atoms with van der Waals surface area (Å²) in [7, 11) is 0. The van der Waals surface area contributed by atoms with Gasteiger partial charge in [0.05, 0.1) is 11.7 Å². The zero-order valence-corrected chi connectivity index (χ0v) is 12.9. The molecule has 1 aromatic rings. The number of carboxylic acid groups (broad SMARTS) is 1. The molecule has 0 spiro atoms. The summed E-state index contributed by atoms with van der Waals surface area (Å²) in [5.74, 6) is -0.508. The van der Waals surface area contributed by atoms with Crippen LogP contribution < -0.4 is 4.90 Å². The molecule has 0 radical (unpaired) electrons. The minimum atomic E-state index is -0.825. The number of carbonyl (C=O) groups is 2. The third kappa shape index (κ3) is 4.89. The minimum Gasteiger partial charge on any atom is -0.481 e. The molecule has 0 aliphatic rings. The van der Waals surface area contributed by atoms with Gasteiger partial charge in [0, 0.05) is 17.5 Å². The standard InChI is InChI=1S/C15H21NO3S/c1-11(2)16(13-7-5-4-6-8-13)14(17)10-20-9-12(3)15(18)19/h4-8,11-12H,9-10H2,1-3H3,(H,18,19). The van der Waals surface area contributed by atoms with Gasteiger partial charge in [0.15, 0.2) is 0 Å². The normalized spacial score (nSPS) is 12.2. The molecule has 0 bridgehead atoms. The van der Waals surface area contributed by atoms with Gasteiger partial charge in [-0.3, -0.25) is 9.59 Å². The van der Waals surface area contributed by atoms with Gasteiger partial charge in [0.25, 0.3) is 0 Å². The number of aliphatic carboxylic acids is 1. The summed E-state index contributed by atoms with van der Waals surface area (Å²) in [6, 6.07) is 9.60. The highest BCUT2D eigenvalue weighted by atomic mass is 32.2. The van der Waals surface area contributed by atoms with Crippen LogP contribution in [0.5, 0.6) is 0 Å². The van der Waals surface area contributed by atoms with Gasteiger partial charge >= 0.3 is 5.97 Å². The zero-order valence-electron chi connectivity index (χ0n) is 12.1. The van der Waals surface area contributed by atoms with Crippen LogP contribution in [-0.4, -0.2) is 34.5 Å². The Morgan fingerprint density at radius 2 is 1.80 bits per heavy atom. The molecular weight excluding hydrogens is 274 g/mol. The summed E-state index contributed by atoms with van der Waals surface area (Å²) < 4.78 is 0. The number of para-hydroxylation sites is 1. The van der Waals surface area contributed by atoms with E-state index in [2.05, 4.69) is 0 Å². The van der Waals surface area contributed by atoms with Crippen molar-refractivity contribution in [2.75, 3.05) is 16.4 Å². The largest absolute Gasteiger partial charge is 0.481 e. The number of thioether (sulfide) groups is 1. The number of hydrogen-bond donors (Lipinski definition) is 1. The van der Waals surface area contributed by atoms with E-state index < -0.39 is 11.9 Å². The SMILES string of the molecule is CC(CSCC(=O)N(c1ccccc1)C(C)C)C(=O)O. The maximum atomic E-state index is 12.3. The zero-order chi connectivity index (χ0) is 15.1. The predicted octanol–water partition coefficient (Wildman–Crippen LogP) is 2.88. The molecule has 4 nitrogen and oxygen atoms in total. The first-order valence-corrected chi connectivity index (χ1v) is 7.76. The fourth-order valence-electron chi connectivity index (χ4n) is 1.78. The molecule has 5 heteroatoms. The number of hydrogen-bond acceptors (Lipinski definition) is 3. The van der Waals surface area contributed by atoms with Crippen LogP contribution >= 0.6 is 11.8 Å². The van der Waals surface area contributed by atoms with E-state index in [1.807, 2.05) is 44.2 Å². The van der Waals surface area contributed by atoms with E-state index in [4.69, 9.17) is 5.11 Å². The van der Waals surface area contributed by atoms with E-state index >= 15 is 0 Å². The van der Waals surface area contributed by atoms with Gasteiger partial charge in [-0.05, 0) is 26.0 Å². The Labute approximate surface area is 124 Å². The van der Waals surface area contributed by atoms with Crippen molar-refractivity contribution in [3.05, 3.63) is 30.3 Å². The molecule has 0 saturated heterocycles. The summed E-state index contributed by atoms with van der Waals surface area (Å²) in [5, 5.41) is 8.81. The number of nitrogens with zero attached hydrogens (tertiary/aromatic N) is 1. The van der Waals surface area contributed by atoms with Crippen LogP contribution in [0.2, 0.25) is 0 Å². The first kappa shape index (κ1) is 16.6. The third-order valence-corrected chi connectivity index (χ3v) is 4.02. The second kappa shape index (κ2) is 7.94. The Balaban J connectivity index is 2.61. The summed E-state index contributed by atoms with van der Waals surface area (Å²) >= 11 is 1.37. The van der Waals surface area contributed by atoms with Crippen molar-refractivity contribution in [3.8, 4) is 0 Å². The molecule has 0 saturated carbocycles. The van der Waals surface area contributed by atoms with Crippen molar-refractivity contribution in [1.29, 1.82) is 0 Å². The van der Waals surface area contributed by atoms with Crippen molar-refractivity contribution in [1.82, 2.24) is 0 Å². The second-order valence-corrected chi connectivity index (χ2v) is 5.98. The first-order valence-electron chi connectivity index (χ1n) is 6.61. The molecule has 1 rings (SSSR count). The molecule has 1 unspecified atom stereocenters. The molecule has 1 aromatic carbocycles. The Morgan fingerprint density at radius 1 is 1.20 bits per heavy atom. The Kier molecular flexibility index (Phi) is 6.58. The van der Waals surface area contributed by atoms with Crippen LogP contribution in [0.1, 0.15) is 20.8 Å². The lowest BCUT2D eigenvalue weighted by Crippen LogP contribution is -2.38. The summed E-state index contributed by atoms with van der Waals surface area (Å²) in [4.78, 5) is 24.8. The molecule has 0 aliphatic carbocycles. The lowest BCUT2D eigenvalue weighted by molar-refractivity contribution is -0.140. The maximum Gasteiger partial charge on any atom is 0.307 e. The van der Waals surface area contributed by atoms with E-state index in [1.54, 1.807) is 11.8 Å². The Hall–Kier alpha value is -1.49. The average molecular weight is 295 g/mol. The smallest absolute Gasteiger partial charge is 0.307 e. The molecule has 1 N–H and O–H groups in total. The number of rotatable bonds is 7. The Morgan fingerprint density at radius 3 is 2.30 bits per heavy atom. The van der Waals surface area contributed by atoms with Crippen molar-refractivity contribution in [2.24, 2.45) is 5.92 Å². The fraction of sp³-hybridized carbons (Fsp3) is 0.467. The van der Waals surface area contributed by atoms with Crippen LogP contribution in [-0.2, 0) is 9.59 Å². The van der Waals surface area contributed by atoms with Gasteiger partial charge < -0.3 is 10.0 Å². The molecule has 0 fully saturated rings. The molecule has 1 amide bonds. The van der Waals surface area contributed by atoms with Crippen LogP contribution in [0.4, 0.5) is 5.69 Å². The number of amides is 1. The first-order chi connectivity index (χ1) is 9.43. The van der Waals surface area contributed by atoms with Crippen LogP contribution in [0.25, 0.3) is 0 Å². The highest BCUT2D eigenvalue weighted by molar-refractivity contribution is 8.00. The van der Waals surface area contributed by atoms with Gasteiger partial charge in [-0.25, -0.2) is 0 Å². The fourth-order valence-corrected chi connectivity index (χ4v) is 2.71. The van der Waals surface area contributed by atoms with Crippen molar-refractivity contribution < 1.29 is 14.7 Å². The summed E-state index contributed by atoms with van der Waals surface area (Å²) in [5.41, 5.74) is 0.874. The Bertz CT molecular complexity index is 448. The summed E-state index contributed by atoms with van der Waals surface area (Å²) in [6.45, 7) is 5.59. The highest BCUT2D eigenvalue weighted by Crippen LogP contribution is 2.19. The number of anilines is 1. The number of carbonyl (C=O) groups excluding carboxylic acids is 1. The highest BCUT2D eigenvalue weighted by Gasteiger charge is 2.19. The molecule has 20 heavy (non-hydrogen) atoms. The maximum absolute atomic E-state index is 12.3. The molecule has 0 aromatic heterocycles. The lowest BCUT2D eigenvalue weighted by atomic mass is 10.2. The summed E-state index contributed by atoms with van der Waals surface area (Å²) in [6.07, 6.45) is 0. The van der Waals surface area contributed by atoms with Gasteiger partial charge in [0.2, 0.25) is 5.91 Å². The van der Waals surface area contributed by atoms with E-state index in [0.29, 0.717) is 11.5 Å². The van der Waals surface area contributed by atoms with E-state index in [0.717, 1.165) is 5.69 Å². The molecule has 1 atom stereocenters. The third-order valence-electron chi connectivity index (χ3n) is 2.83. The molecule has 0 aliphatic heterocycles. The molecular formula is C15H21NO3S. The number of carboxylic acids is 1. The topological polar surface area (TPSA) is 57.6 Å². The van der Waals surface area contributed by atoms with Crippen LogP contribution in [0.3, 0.4) is 0 Å². The van der Waals surface area contributed by atoms with Crippen LogP contribution in [0, 0.1) is 5.92 Å². The van der Waals surface area contributed by atoms with Gasteiger partial charge in [0.1, 0.15) is 0 Å². The monoisotopic (exact) mass is 295 g/mol. The second-order valence-electron chi connectivity index (χ2n) is 4.95. The van der Waals surface area contributed by atoms with Crippen LogP contribution in [0.15, 0.2) is 30.3 Å². The van der Waals surface area contributed by atoms with E-state index in [1.165, 1.54) is 11.8 Å². The quantitative estimate of drug-likeness (QED) is 0.840. The van der Waals surface area contributed by atoms with Crippen molar-refractivity contribution in [2.45, 2.75) is 26.8 Å². The minimum absolute atomic E-state index is 0.00814. The lowest BCUT2D eigenvalue weighted by Gasteiger charge is -2.27. The predicted molar refractivity (Wildman–Crippen MR) is 83.2 cm³/mol. The van der Waals surface area contributed by atoms with Gasteiger partial charge in [-0.1, -0.05) is 25.1 Å². The molecule has 110 valence electrons. The van der Waals surface area contributed by atoms with E-state index in [-0.39, 0.29) is 11.9 Å². The molecule has 0 heterocycles. The van der Waals surface area contributed by atoms with Gasteiger partial charge in [-0.15, -0.1) is 0 Å².